The summed E-state index contributed by atoms with van der Waals surface area (Å²) in [4.78, 5) is 16.7. The molecular weight excluding hydrogens is 474 g/mol. The molecule has 3 aromatic carbocycles. The normalized spacial score (nSPS) is 10.9. The lowest BCUT2D eigenvalue weighted by molar-refractivity contribution is -0.118. The molecule has 8 heteroatoms. The van der Waals surface area contributed by atoms with Gasteiger partial charge in [-0.15, -0.1) is 11.3 Å². The number of ether oxygens (including phenoxy) is 1. The molecule has 0 aliphatic rings. The van der Waals surface area contributed by atoms with Crippen molar-refractivity contribution in [1.82, 2.24) is 10.4 Å². The van der Waals surface area contributed by atoms with Crippen molar-refractivity contribution in [1.29, 1.82) is 0 Å². The summed E-state index contributed by atoms with van der Waals surface area (Å²) in [5, 5.41) is 6.71. The molecule has 0 saturated heterocycles. The lowest BCUT2D eigenvalue weighted by Crippen LogP contribution is -2.19. The zero-order valence-corrected chi connectivity index (χ0v) is 19.9. The first kappa shape index (κ1) is 23.0. The van der Waals surface area contributed by atoms with E-state index in [4.69, 9.17) is 16.3 Å². The summed E-state index contributed by atoms with van der Waals surface area (Å²) in [5.41, 5.74) is 6.35. The Balaban J connectivity index is 1.23. The third-order valence-corrected chi connectivity index (χ3v) is 6.73. The Labute approximate surface area is 205 Å². The number of benzene rings is 3. The number of rotatable bonds is 9. The highest BCUT2D eigenvalue weighted by Crippen LogP contribution is 2.28. The van der Waals surface area contributed by atoms with Gasteiger partial charge >= 0.3 is 0 Å². The minimum atomic E-state index is -0.198. The van der Waals surface area contributed by atoms with Gasteiger partial charge in [0.2, 0.25) is 0 Å². The summed E-state index contributed by atoms with van der Waals surface area (Å²) < 4.78 is 6.64. The molecule has 33 heavy (non-hydrogen) atoms. The summed E-state index contributed by atoms with van der Waals surface area (Å²) >= 11 is 8.81. The quantitative estimate of drug-likeness (QED) is 0.169. The van der Waals surface area contributed by atoms with Crippen molar-refractivity contribution in [2.75, 3.05) is 5.75 Å². The molecule has 0 unspecified atom stereocenters. The maximum Gasteiger partial charge on any atom is 0.250 e. The van der Waals surface area contributed by atoms with Crippen LogP contribution in [0.3, 0.4) is 0 Å². The summed E-state index contributed by atoms with van der Waals surface area (Å²) in [7, 11) is 0. The van der Waals surface area contributed by atoms with Gasteiger partial charge in [0.05, 0.1) is 17.7 Å². The fourth-order valence-electron chi connectivity index (χ4n) is 2.84. The first-order valence-corrected chi connectivity index (χ1v) is 12.3. The number of aromatic nitrogens is 1. The van der Waals surface area contributed by atoms with Crippen molar-refractivity contribution in [2.45, 2.75) is 10.9 Å². The standard InChI is InChI=1S/C25H20ClN3O2S2/c26-21-11-9-20(10-12-21)23-16-32-25(28-23)33-17-24(30)29-27-14-19-7-4-8-22(13-19)31-15-18-5-2-1-3-6-18/h1-14,16H,15,17H2,(H,29,30)/b27-14-. The Hall–Kier alpha value is -3.13. The third kappa shape index (κ3) is 7.18. The maximum absolute atomic E-state index is 12.1. The van der Waals surface area contributed by atoms with Crippen molar-refractivity contribution < 1.29 is 9.53 Å². The Morgan fingerprint density at radius 1 is 1.09 bits per heavy atom. The molecular formula is C25H20ClN3O2S2. The van der Waals surface area contributed by atoms with Gasteiger partial charge in [-0.05, 0) is 35.4 Å². The molecule has 0 radical (unpaired) electrons. The topological polar surface area (TPSA) is 63.6 Å². The molecule has 0 bridgehead atoms. The average molecular weight is 494 g/mol. The van der Waals surface area contributed by atoms with Crippen LogP contribution in [0.2, 0.25) is 5.02 Å². The first-order valence-electron chi connectivity index (χ1n) is 10.1. The van der Waals surface area contributed by atoms with Crippen molar-refractivity contribution in [2.24, 2.45) is 5.10 Å². The summed E-state index contributed by atoms with van der Waals surface area (Å²) in [6, 6.07) is 25.0. The van der Waals surface area contributed by atoms with Gasteiger partial charge in [-0.3, -0.25) is 4.79 Å². The number of nitrogens with one attached hydrogen (secondary N) is 1. The van der Waals surface area contributed by atoms with E-state index < -0.39 is 0 Å². The van der Waals surface area contributed by atoms with Gasteiger partial charge in [-0.1, -0.05) is 78.0 Å². The lowest BCUT2D eigenvalue weighted by atomic mass is 10.2. The molecule has 1 N–H and O–H groups in total. The molecule has 1 amide bonds. The second-order valence-electron chi connectivity index (χ2n) is 6.93. The molecule has 0 atom stereocenters. The highest BCUT2D eigenvalue weighted by molar-refractivity contribution is 8.01. The lowest BCUT2D eigenvalue weighted by Gasteiger charge is -2.06. The van der Waals surface area contributed by atoms with E-state index in [0.29, 0.717) is 11.6 Å². The fourth-order valence-corrected chi connectivity index (χ4v) is 4.59. The van der Waals surface area contributed by atoms with Gasteiger partial charge in [-0.2, -0.15) is 5.10 Å². The Bertz CT molecular complexity index is 1230. The van der Waals surface area contributed by atoms with Gasteiger partial charge < -0.3 is 4.74 Å². The zero-order chi connectivity index (χ0) is 22.9. The van der Waals surface area contributed by atoms with Crippen molar-refractivity contribution in [3.8, 4) is 17.0 Å². The largest absolute Gasteiger partial charge is 0.489 e. The molecule has 0 aliphatic heterocycles. The van der Waals surface area contributed by atoms with Crippen molar-refractivity contribution >= 4 is 46.8 Å². The van der Waals surface area contributed by atoms with E-state index >= 15 is 0 Å². The number of amides is 1. The number of carbonyl (C=O) groups excluding carboxylic acids is 1. The van der Waals surface area contributed by atoms with E-state index in [1.54, 1.807) is 6.21 Å². The van der Waals surface area contributed by atoms with Gasteiger partial charge in [0, 0.05) is 16.0 Å². The second-order valence-corrected chi connectivity index (χ2v) is 9.45. The highest BCUT2D eigenvalue weighted by atomic mass is 35.5. The molecule has 1 aromatic heterocycles. The van der Waals surface area contributed by atoms with Crippen LogP contribution < -0.4 is 10.2 Å². The number of hydrazone groups is 1. The smallest absolute Gasteiger partial charge is 0.250 e. The molecule has 0 saturated carbocycles. The van der Waals surface area contributed by atoms with E-state index in [0.717, 1.165) is 32.5 Å². The van der Waals surface area contributed by atoms with Crippen molar-refractivity contribution in [3.63, 3.8) is 0 Å². The van der Waals surface area contributed by atoms with Crippen LogP contribution in [-0.4, -0.2) is 22.9 Å². The SMILES string of the molecule is O=C(CSc1nc(-c2ccc(Cl)cc2)cs1)N/N=C\c1cccc(OCc2ccccc2)c1. The summed E-state index contributed by atoms with van der Waals surface area (Å²) in [5.74, 6) is 0.770. The van der Waals surface area contributed by atoms with Crippen LogP contribution in [0.25, 0.3) is 11.3 Å². The molecule has 4 rings (SSSR count). The number of halogens is 1. The van der Waals surface area contributed by atoms with Gasteiger partial charge in [0.1, 0.15) is 12.4 Å². The maximum atomic E-state index is 12.1. The minimum absolute atomic E-state index is 0.198. The summed E-state index contributed by atoms with van der Waals surface area (Å²) in [6.07, 6.45) is 1.60. The number of hydrogen-bond donors (Lipinski definition) is 1. The second kappa shape index (κ2) is 11.7. The predicted octanol–water partition coefficient (Wildman–Crippen LogP) is 6.28. The van der Waals surface area contributed by atoms with Crippen LogP contribution in [0.15, 0.2) is 93.7 Å². The Kier molecular flexibility index (Phi) is 8.14. The molecule has 4 aromatic rings. The van der Waals surface area contributed by atoms with Crippen LogP contribution >= 0.6 is 34.7 Å². The average Bonchev–Trinajstić information content (AvgIpc) is 3.32. The predicted molar refractivity (Wildman–Crippen MR) is 136 cm³/mol. The van der Waals surface area contributed by atoms with Crippen LogP contribution in [0, 0.1) is 0 Å². The van der Waals surface area contributed by atoms with Crippen LogP contribution in [0.4, 0.5) is 0 Å². The molecule has 5 nitrogen and oxygen atoms in total. The molecule has 0 aliphatic carbocycles. The van der Waals surface area contributed by atoms with Crippen LogP contribution in [0.1, 0.15) is 11.1 Å². The highest BCUT2D eigenvalue weighted by Gasteiger charge is 2.08. The van der Waals surface area contributed by atoms with Crippen molar-refractivity contribution in [3.05, 3.63) is 100 Å². The molecule has 1 heterocycles. The van der Waals surface area contributed by atoms with E-state index in [1.165, 1.54) is 23.1 Å². The van der Waals surface area contributed by atoms with Gasteiger partial charge in [0.15, 0.2) is 4.34 Å². The third-order valence-electron chi connectivity index (χ3n) is 4.46. The number of nitrogens with zero attached hydrogens (tertiary/aromatic N) is 2. The van der Waals surface area contributed by atoms with E-state index in [2.05, 4.69) is 15.5 Å². The van der Waals surface area contributed by atoms with E-state index in [9.17, 15) is 4.79 Å². The number of thiazole rings is 1. The Morgan fingerprint density at radius 3 is 2.73 bits per heavy atom. The first-order chi connectivity index (χ1) is 16.2. The molecule has 0 spiro atoms. The van der Waals surface area contributed by atoms with Crippen LogP contribution in [-0.2, 0) is 11.4 Å². The zero-order valence-electron chi connectivity index (χ0n) is 17.5. The number of thioether (sulfide) groups is 1. The monoisotopic (exact) mass is 493 g/mol. The fraction of sp³-hybridized carbons (Fsp3) is 0.0800. The summed E-state index contributed by atoms with van der Waals surface area (Å²) in [6.45, 7) is 0.492. The van der Waals surface area contributed by atoms with Crippen LogP contribution in [0.5, 0.6) is 5.75 Å². The van der Waals surface area contributed by atoms with E-state index in [-0.39, 0.29) is 11.7 Å². The Morgan fingerprint density at radius 2 is 1.91 bits per heavy atom. The van der Waals surface area contributed by atoms with Gasteiger partial charge in [0.25, 0.3) is 5.91 Å². The number of hydrogen-bond acceptors (Lipinski definition) is 6. The molecule has 166 valence electrons. The minimum Gasteiger partial charge on any atom is -0.489 e. The van der Waals surface area contributed by atoms with E-state index in [1.807, 2.05) is 84.2 Å². The van der Waals surface area contributed by atoms with Gasteiger partial charge in [-0.25, -0.2) is 10.4 Å². The molecule has 0 fully saturated rings. The number of carbonyl (C=O) groups is 1.